The Morgan fingerprint density at radius 2 is 1.94 bits per heavy atom. The van der Waals surface area contributed by atoms with Crippen LogP contribution in [-0.2, 0) is 4.74 Å². The zero-order chi connectivity index (χ0) is 24.9. The number of hydrogen-bond acceptors (Lipinski definition) is 8. The molecule has 2 aromatic heterocycles. The number of amides is 1. The summed E-state index contributed by atoms with van der Waals surface area (Å²) in [6.07, 6.45) is -2.50. The summed E-state index contributed by atoms with van der Waals surface area (Å²) in [5.41, 5.74) is -0.706. The topological polar surface area (TPSA) is 128 Å². The van der Waals surface area contributed by atoms with Crippen molar-refractivity contribution in [2.45, 2.75) is 12.4 Å². The first kappa shape index (κ1) is 24.6. The lowest BCUT2D eigenvalue weighted by Crippen LogP contribution is -2.33. The zero-order valence-corrected chi connectivity index (χ0v) is 17.6. The Balaban J connectivity index is 1.85. The number of alkyl halides is 3. The van der Waals surface area contributed by atoms with Gasteiger partial charge in [-0.2, -0.15) is 0 Å². The molecule has 0 saturated carbocycles. The number of ether oxygens (including phenoxy) is 3. The second-order valence-corrected chi connectivity index (χ2v) is 6.64. The van der Waals surface area contributed by atoms with Gasteiger partial charge in [-0.1, -0.05) is 6.07 Å². The van der Waals surface area contributed by atoms with Gasteiger partial charge in [0.05, 0.1) is 32.2 Å². The van der Waals surface area contributed by atoms with Crippen LogP contribution in [0.3, 0.4) is 0 Å². The summed E-state index contributed by atoms with van der Waals surface area (Å²) < 4.78 is 64.8. The maximum atomic E-state index is 14.1. The lowest BCUT2D eigenvalue weighted by molar-refractivity contribution is -0.275. The summed E-state index contributed by atoms with van der Waals surface area (Å²) in [4.78, 5) is 39.3. The van der Waals surface area contributed by atoms with E-state index in [9.17, 15) is 27.2 Å². The van der Waals surface area contributed by atoms with Gasteiger partial charge in [0.25, 0.3) is 11.5 Å². The van der Waals surface area contributed by atoms with Crippen molar-refractivity contribution in [2.24, 2.45) is 0 Å². The Labute approximate surface area is 188 Å². The Hall–Kier alpha value is -4.07. The molecule has 0 spiro atoms. The number of carbonyl (C=O) groups is 1. The molecular formula is C20H17F4N5O5. The highest BCUT2D eigenvalue weighted by atomic mass is 19.4. The van der Waals surface area contributed by atoms with E-state index < -0.39 is 35.4 Å². The Morgan fingerprint density at radius 3 is 2.53 bits per heavy atom. The minimum Gasteiger partial charge on any atom is -0.480 e. The van der Waals surface area contributed by atoms with Crippen molar-refractivity contribution in [3.63, 3.8) is 0 Å². The molecule has 0 fully saturated rings. The van der Waals surface area contributed by atoms with Crippen molar-refractivity contribution in [3.05, 3.63) is 64.1 Å². The lowest BCUT2D eigenvalue weighted by atomic mass is 10.1. The number of rotatable bonds is 8. The molecule has 180 valence electrons. The summed E-state index contributed by atoms with van der Waals surface area (Å²) >= 11 is 0. The highest BCUT2D eigenvalue weighted by molar-refractivity contribution is 5.92. The van der Waals surface area contributed by atoms with Gasteiger partial charge in [-0.3, -0.25) is 9.59 Å². The molecule has 1 aromatic carbocycles. The SMILES string of the molecule is COC[C@@H](NC(=O)c1cc(=O)[nH]c(-c2cnc(OC)cn2)n1)c1ccc(OC(F)(F)F)c(F)c1. The molecule has 14 heteroatoms. The molecule has 0 unspecified atom stereocenters. The minimum atomic E-state index is -5.07. The van der Waals surface area contributed by atoms with Gasteiger partial charge in [0.15, 0.2) is 17.4 Å². The van der Waals surface area contributed by atoms with Gasteiger partial charge in [-0.25, -0.2) is 19.3 Å². The zero-order valence-electron chi connectivity index (χ0n) is 17.6. The first-order chi connectivity index (χ1) is 16.1. The van der Waals surface area contributed by atoms with Crippen molar-refractivity contribution in [2.75, 3.05) is 20.8 Å². The van der Waals surface area contributed by atoms with E-state index >= 15 is 0 Å². The van der Waals surface area contributed by atoms with Gasteiger partial charge in [-0.15, -0.1) is 13.2 Å². The van der Waals surface area contributed by atoms with E-state index in [2.05, 4.69) is 30.0 Å². The summed E-state index contributed by atoms with van der Waals surface area (Å²) in [5, 5.41) is 2.50. The molecule has 0 aliphatic carbocycles. The van der Waals surface area contributed by atoms with Crippen molar-refractivity contribution in [1.82, 2.24) is 25.3 Å². The molecular weight excluding hydrogens is 466 g/mol. The van der Waals surface area contributed by atoms with Crippen LogP contribution in [0.2, 0.25) is 0 Å². The second-order valence-electron chi connectivity index (χ2n) is 6.64. The number of halogens is 4. The number of aromatic amines is 1. The summed E-state index contributed by atoms with van der Waals surface area (Å²) in [5.74, 6) is -2.97. The van der Waals surface area contributed by atoms with Crippen LogP contribution in [0.5, 0.6) is 11.6 Å². The number of nitrogens with one attached hydrogen (secondary N) is 2. The smallest absolute Gasteiger partial charge is 0.480 e. The van der Waals surface area contributed by atoms with Crippen molar-refractivity contribution >= 4 is 5.91 Å². The van der Waals surface area contributed by atoms with Crippen LogP contribution in [0.15, 0.2) is 41.5 Å². The first-order valence-corrected chi connectivity index (χ1v) is 9.42. The quantitative estimate of drug-likeness (QED) is 0.468. The third-order valence-electron chi connectivity index (χ3n) is 4.28. The molecule has 3 aromatic rings. The maximum Gasteiger partial charge on any atom is 0.573 e. The normalized spacial score (nSPS) is 12.2. The number of aromatic nitrogens is 4. The lowest BCUT2D eigenvalue weighted by Gasteiger charge is -2.19. The Morgan fingerprint density at radius 1 is 1.18 bits per heavy atom. The molecule has 0 radical (unpaired) electrons. The number of hydrogen-bond donors (Lipinski definition) is 2. The Bertz CT molecular complexity index is 1220. The fraction of sp³-hybridized carbons (Fsp3) is 0.250. The van der Waals surface area contributed by atoms with E-state index in [0.717, 1.165) is 24.3 Å². The van der Waals surface area contributed by atoms with Gasteiger partial charge in [0, 0.05) is 13.2 Å². The van der Waals surface area contributed by atoms with E-state index in [1.165, 1.54) is 26.6 Å². The van der Waals surface area contributed by atoms with Crippen LogP contribution in [0, 0.1) is 5.82 Å². The third-order valence-corrected chi connectivity index (χ3v) is 4.28. The van der Waals surface area contributed by atoms with Gasteiger partial charge in [-0.05, 0) is 17.7 Å². The number of nitrogens with zero attached hydrogens (tertiary/aromatic N) is 3. The number of carbonyl (C=O) groups excluding carboxylic acids is 1. The standard InChI is InChI=1S/C20H17F4N5O5/c1-32-9-14(10-3-4-15(11(21)5-10)34-20(22,23)24)28-19(31)12-6-16(30)29-18(27-12)13-7-26-17(33-2)8-25-13/h3-8,14H,9H2,1-2H3,(H,28,31)(H,27,29,30)/t14-/m1/s1. The van der Waals surface area contributed by atoms with Crippen LogP contribution < -0.4 is 20.3 Å². The molecule has 0 saturated heterocycles. The molecule has 0 bridgehead atoms. The molecule has 34 heavy (non-hydrogen) atoms. The average Bonchev–Trinajstić information content (AvgIpc) is 2.79. The van der Waals surface area contributed by atoms with Crippen molar-refractivity contribution < 1.29 is 36.6 Å². The van der Waals surface area contributed by atoms with Crippen molar-refractivity contribution in [1.29, 1.82) is 0 Å². The number of benzene rings is 1. The predicted octanol–water partition coefficient (Wildman–Crippen LogP) is 2.39. The van der Waals surface area contributed by atoms with Crippen LogP contribution in [0.25, 0.3) is 11.5 Å². The first-order valence-electron chi connectivity index (χ1n) is 9.42. The fourth-order valence-electron chi connectivity index (χ4n) is 2.80. The second kappa shape index (κ2) is 10.2. The number of methoxy groups -OCH3 is 2. The summed E-state index contributed by atoms with van der Waals surface area (Å²) in [7, 11) is 2.70. The van der Waals surface area contributed by atoms with E-state index in [0.29, 0.717) is 0 Å². The monoisotopic (exact) mass is 483 g/mol. The highest BCUT2D eigenvalue weighted by Crippen LogP contribution is 2.28. The molecule has 10 nitrogen and oxygen atoms in total. The molecule has 0 aliphatic rings. The van der Waals surface area contributed by atoms with Gasteiger partial charge < -0.3 is 24.5 Å². The molecule has 1 atom stereocenters. The van der Waals surface area contributed by atoms with E-state index in [1.54, 1.807) is 0 Å². The number of H-pyrrole nitrogens is 1. The molecule has 3 rings (SSSR count). The highest BCUT2D eigenvalue weighted by Gasteiger charge is 2.32. The van der Waals surface area contributed by atoms with Crippen molar-refractivity contribution in [3.8, 4) is 23.1 Å². The van der Waals surface area contributed by atoms with E-state index in [-0.39, 0.29) is 35.3 Å². The largest absolute Gasteiger partial charge is 0.573 e. The van der Waals surface area contributed by atoms with Gasteiger partial charge in [0.1, 0.15) is 11.4 Å². The maximum absolute atomic E-state index is 14.1. The van der Waals surface area contributed by atoms with Crippen LogP contribution >= 0.6 is 0 Å². The molecule has 2 heterocycles. The van der Waals surface area contributed by atoms with Crippen LogP contribution in [0.1, 0.15) is 22.1 Å². The average molecular weight is 483 g/mol. The van der Waals surface area contributed by atoms with Crippen LogP contribution in [-0.4, -0.2) is 53.0 Å². The summed E-state index contributed by atoms with van der Waals surface area (Å²) in [6.45, 7) is -0.162. The molecule has 1 amide bonds. The van der Waals surface area contributed by atoms with Crippen LogP contribution in [0.4, 0.5) is 17.6 Å². The minimum absolute atomic E-state index is 0.0456. The van der Waals surface area contributed by atoms with Gasteiger partial charge in [0.2, 0.25) is 5.88 Å². The van der Waals surface area contributed by atoms with E-state index in [4.69, 9.17) is 9.47 Å². The Kier molecular flexibility index (Phi) is 7.40. The van der Waals surface area contributed by atoms with Gasteiger partial charge >= 0.3 is 6.36 Å². The molecule has 0 aliphatic heterocycles. The molecule has 2 N–H and O–H groups in total. The third kappa shape index (κ3) is 6.25. The predicted molar refractivity (Wildman–Crippen MR) is 108 cm³/mol. The van der Waals surface area contributed by atoms with E-state index in [1.807, 2.05) is 0 Å². The fourth-order valence-corrected chi connectivity index (χ4v) is 2.80. The summed E-state index contributed by atoms with van der Waals surface area (Å²) in [6, 6.07) is 2.63.